The smallest absolute Gasteiger partial charge is 0.386 e. The normalized spacial score (nSPS) is 36.9. The number of fused-ring (bicyclic) bond motifs is 4. The van der Waals surface area contributed by atoms with Gasteiger partial charge in [-0.25, -0.2) is 19.5 Å². The van der Waals surface area contributed by atoms with Crippen molar-refractivity contribution in [2.24, 2.45) is 5.92 Å². The second kappa shape index (κ2) is 11.0. The molecule has 3 fully saturated rings. The van der Waals surface area contributed by atoms with Crippen LogP contribution in [0.25, 0.3) is 11.2 Å². The van der Waals surface area contributed by atoms with Crippen LogP contribution in [0.1, 0.15) is 25.5 Å². The average Bonchev–Trinajstić information content (AvgIpc) is 3.58. The predicted octanol–water partition coefficient (Wildman–Crippen LogP) is 1.71. The molecule has 0 aromatic carbocycles. The van der Waals surface area contributed by atoms with E-state index < -0.39 is 43.6 Å². The van der Waals surface area contributed by atoms with Crippen LogP contribution in [0.5, 0.6) is 5.88 Å². The largest absolute Gasteiger partial charge is 0.474 e. The molecule has 4 N–H and O–H groups in total. The summed E-state index contributed by atoms with van der Waals surface area (Å²) in [6.07, 6.45) is 1.72. The van der Waals surface area contributed by atoms with Crippen molar-refractivity contribution < 1.29 is 37.0 Å². The Morgan fingerprint density at radius 3 is 2.85 bits per heavy atom. The number of H-pyrrole nitrogens is 1. The lowest BCUT2D eigenvalue weighted by Crippen LogP contribution is -2.24. The van der Waals surface area contributed by atoms with E-state index in [1.54, 1.807) is 12.3 Å². The van der Waals surface area contributed by atoms with Gasteiger partial charge < -0.3 is 33.7 Å². The minimum atomic E-state index is -3.95. The van der Waals surface area contributed by atoms with Gasteiger partial charge in [-0.3, -0.25) is 18.9 Å². The van der Waals surface area contributed by atoms with Gasteiger partial charge in [0.1, 0.15) is 18.5 Å². The molecule has 8 atom stereocenters. The van der Waals surface area contributed by atoms with Crippen LogP contribution in [0, 0.1) is 5.92 Å². The van der Waals surface area contributed by atoms with Gasteiger partial charge in [0.05, 0.1) is 31.7 Å². The van der Waals surface area contributed by atoms with E-state index in [1.165, 1.54) is 17.2 Å². The summed E-state index contributed by atoms with van der Waals surface area (Å²) in [7, 11) is 0. The van der Waals surface area contributed by atoms with Gasteiger partial charge in [-0.2, -0.15) is 4.98 Å². The zero-order chi connectivity index (χ0) is 28.1. The molecule has 1 aliphatic carbocycles. The highest BCUT2D eigenvalue weighted by Gasteiger charge is 2.46. The van der Waals surface area contributed by atoms with Crippen LogP contribution >= 0.6 is 25.8 Å². The third-order valence-electron chi connectivity index (χ3n) is 6.71. The Morgan fingerprint density at radius 2 is 2.05 bits per heavy atom. The van der Waals surface area contributed by atoms with Gasteiger partial charge in [-0.15, -0.1) is 0 Å². The van der Waals surface area contributed by atoms with Crippen LogP contribution in [0.3, 0.4) is 0 Å². The van der Waals surface area contributed by atoms with Gasteiger partial charge in [0.2, 0.25) is 11.8 Å². The van der Waals surface area contributed by atoms with Crippen molar-refractivity contribution >= 4 is 54.7 Å². The van der Waals surface area contributed by atoms with Gasteiger partial charge in [-0.05, 0) is 18.2 Å². The molecular formula is C20H25N7O9P2S2. The van der Waals surface area contributed by atoms with Gasteiger partial charge >= 0.3 is 13.5 Å². The maximum Gasteiger partial charge on any atom is 0.386 e. The van der Waals surface area contributed by atoms with E-state index in [-0.39, 0.29) is 48.8 Å². The predicted molar refractivity (Wildman–Crippen MR) is 145 cm³/mol. The second-order valence-corrected chi connectivity index (χ2v) is 15.2. The van der Waals surface area contributed by atoms with Crippen molar-refractivity contribution in [2.45, 2.75) is 49.9 Å². The van der Waals surface area contributed by atoms with E-state index >= 15 is 0 Å². The summed E-state index contributed by atoms with van der Waals surface area (Å²) in [4.78, 5) is 41.7. The minimum Gasteiger partial charge on any atom is -0.474 e. The Hall–Kier alpha value is -1.98. The zero-order valence-electron chi connectivity index (χ0n) is 20.6. The Kier molecular flexibility index (Phi) is 7.76. The fourth-order valence-electron chi connectivity index (χ4n) is 5.02. The molecular weight excluding hydrogens is 608 g/mol. The van der Waals surface area contributed by atoms with Crippen LogP contribution < -0.4 is 16.0 Å². The van der Waals surface area contributed by atoms with Gasteiger partial charge in [0.15, 0.2) is 17.4 Å². The second-order valence-electron chi connectivity index (χ2n) is 9.49. The van der Waals surface area contributed by atoms with Gasteiger partial charge in [0, 0.05) is 31.0 Å². The first-order chi connectivity index (χ1) is 19.1. The molecule has 40 heavy (non-hydrogen) atoms. The number of imidazole rings is 1. The molecule has 2 aliphatic heterocycles. The lowest BCUT2D eigenvalue weighted by atomic mass is 10.1. The van der Waals surface area contributed by atoms with Crippen molar-refractivity contribution in [1.29, 1.82) is 0 Å². The molecule has 1 saturated carbocycles. The lowest BCUT2D eigenvalue weighted by Gasteiger charge is -2.27. The van der Waals surface area contributed by atoms with Crippen LogP contribution in [-0.2, 0) is 39.2 Å². The number of thiol groups is 1. The highest BCUT2D eigenvalue weighted by Crippen LogP contribution is 2.58. The topological polar surface area (TPSA) is 208 Å². The zero-order valence-corrected chi connectivity index (χ0v) is 24.1. The first-order valence-electron chi connectivity index (χ1n) is 12.2. The standard InChI is InChI=1S/C20H25N7O9P2S2/c21-20-25-17-16(18(28)26-20)24-9-27(17)19-14-5-12(34-19)7-32-38(30,40)35-13-4-11(33-15-1-2-22-8-23-15)3-10(13)6-31-37(29,39)36-14/h1-2,8-14,19H,3-7H2,(H,29,39)(H,30,40)(H3,21,25,26,28)/t10-,11-,12?,13+,14-,19-,37?,38?/m1/s1. The number of aromatic nitrogens is 6. The van der Waals surface area contributed by atoms with E-state index in [0.29, 0.717) is 18.7 Å². The fraction of sp³-hybridized carbons (Fsp3) is 0.550. The molecule has 0 spiro atoms. The molecule has 216 valence electrons. The lowest BCUT2D eigenvalue weighted by molar-refractivity contribution is -0.0469. The van der Waals surface area contributed by atoms with Crippen molar-refractivity contribution in [3.05, 3.63) is 35.3 Å². The fourth-order valence-corrected chi connectivity index (χ4v) is 8.09. The van der Waals surface area contributed by atoms with Crippen LogP contribution in [0.15, 0.2) is 29.7 Å². The number of nitrogens with two attached hydrogens (primary N) is 1. The number of ether oxygens (including phenoxy) is 2. The van der Waals surface area contributed by atoms with Crippen LogP contribution in [0.2, 0.25) is 0 Å². The Labute approximate surface area is 236 Å². The molecule has 16 nitrogen and oxygen atoms in total. The van der Waals surface area contributed by atoms with E-state index in [2.05, 4.69) is 37.2 Å². The first kappa shape index (κ1) is 28.2. The van der Waals surface area contributed by atoms with Crippen molar-refractivity contribution in [3.63, 3.8) is 0 Å². The molecule has 2 bridgehead atoms. The molecule has 5 heterocycles. The van der Waals surface area contributed by atoms with Crippen molar-refractivity contribution in [1.82, 2.24) is 29.5 Å². The maximum atomic E-state index is 13.4. The molecule has 6 rings (SSSR count). The highest BCUT2D eigenvalue weighted by molar-refractivity contribution is 8.44. The summed E-state index contributed by atoms with van der Waals surface area (Å²) < 4.78 is 49.9. The molecule has 3 unspecified atom stereocenters. The summed E-state index contributed by atoms with van der Waals surface area (Å²) in [5, 5.41) is 0. The number of nitrogen functional groups attached to an aromatic ring is 1. The number of aromatic amines is 1. The van der Waals surface area contributed by atoms with E-state index in [0.717, 1.165) is 0 Å². The molecule has 0 amide bonds. The number of rotatable bonds is 3. The van der Waals surface area contributed by atoms with Crippen LogP contribution in [-0.4, -0.2) is 72.0 Å². The molecule has 20 heteroatoms. The quantitative estimate of drug-likeness (QED) is 0.239. The third-order valence-corrected chi connectivity index (χ3v) is 9.94. The van der Waals surface area contributed by atoms with Crippen LogP contribution in [0.4, 0.5) is 5.95 Å². The minimum absolute atomic E-state index is 0.0289. The van der Waals surface area contributed by atoms with E-state index in [9.17, 15) is 14.3 Å². The summed E-state index contributed by atoms with van der Waals surface area (Å²) in [6, 6.07) is 1.62. The van der Waals surface area contributed by atoms with Crippen molar-refractivity contribution in [3.8, 4) is 5.88 Å². The molecule has 2 saturated heterocycles. The molecule has 3 aromatic heterocycles. The first-order valence-corrected chi connectivity index (χ1v) is 17.5. The number of nitrogens with zero attached hydrogens (tertiary/aromatic N) is 5. The Balaban J connectivity index is 1.25. The monoisotopic (exact) mass is 633 g/mol. The number of nitrogens with one attached hydrogen (secondary N) is 1. The number of hydrogen-bond donors (Lipinski definition) is 4. The Morgan fingerprint density at radius 1 is 1.20 bits per heavy atom. The summed E-state index contributed by atoms with van der Waals surface area (Å²) >= 11 is 9.50. The molecule has 0 radical (unpaired) electrons. The third kappa shape index (κ3) is 6.11. The maximum absolute atomic E-state index is 13.4. The number of hydrogen-bond acceptors (Lipinski definition) is 14. The highest BCUT2D eigenvalue weighted by atomic mass is 32.7. The summed E-state index contributed by atoms with van der Waals surface area (Å²) in [5.74, 6) is -0.121. The van der Waals surface area contributed by atoms with E-state index in [1.807, 2.05) is 0 Å². The summed E-state index contributed by atoms with van der Waals surface area (Å²) in [5.41, 5.74) is 5.36. The number of anilines is 1. The van der Waals surface area contributed by atoms with Gasteiger partial charge in [-0.1, -0.05) is 12.2 Å². The SMILES string of the molecule is Nc1nc2c(ncn2[C@@H]2OC3COP(O)(=S)O[C@H]4C[C@H](Oc5ccncn5)C[C@@H]4COP(=O)(S)O[C@@H]2C3)c(=O)[nH]1. The Bertz CT molecular complexity index is 1550. The average molecular weight is 634 g/mol. The summed E-state index contributed by atoms with van der Waals surface area (Å²) in [6.45, 7) is -7.93. The van der Waals surface area contributed by atoms with Gasteiger partial charge in [0.25, 0.3) is 5.56 Å². The van der Waals surface area contributed by atoms with E-state index in [4.69, 9.17) is 45.1 Å². The molecule has 3 aliphatic rings. The van der Waals surface area contributed by atoms with Crippen molar-refractivity contribution in [2.75, 3.05) is 18.9 Å². The molecule has 3 aromatic rings.